The van der Waals surface area contributed by atoms with E-state index in [0.29, 0.717) is 44.7 Å². The maximum atomic E-state index is 12.8. The molecule has 0 spiro atoms. The molecule has 8 nitrogen and oxygen atoms in total. The van der Waals surface area contributed by atoms with Gasteiger partial charge in [0.1, 0.15) is 5.75 Å². The van der Waals surface area contributed by atoms with E-state index >= 15 is 0 Å². The molecule has 0 bridgehead atoms. The normalized spacial score (nSPS) is 15.1. The number of benzene rings is 2. The lowest BCUT2D eigenvalue weighted by Gasteiger charge is -2.26. The molecule has 2 aromatic carbocycles. The molecule has 188 valence electrons. The Morgan fingerprint density at radius 2 is 1.74 bits per heavy atom. The van der Waals surface area contributed by atoms with Crippen molar-refractivity contribution < 1.29 is 19.1 Å². The second-order valence-electron chi connectivity index (χ2n) is 9.06. The second kappa shape index (κ2) is 12.4. The van der Waals surface area contributed by atoms with Gasteiger partial charge in [-0.15, -0.1) is 0 Å². The molecule has 0 radical (unpaired) electrons. The lowest BCUT2D eigenvalue weighted by Crippen LogP contribution is -2.49. The predicted molar refractivity (Wildman–Crippen MR) is 137 cm³/mol. The molecule has 0 aliphatic carbocycles. The summed E-state index contributed by atoms with van der Waals surface area (Å²) in [6.07, 6.45) is 1.90. The number of rotatable bonds is 7. The highest BCUT2D eigenvalue weighted by atomic mass is 16.5. The Labute approximate surface area is 207 Å². The van der Waals surface area contributed by atoms with E-state index in [-0.39, 0.29) is 11.8 Å². The minimum atomic E-state index is -0.543. The summed E-state index contributed by atoms with van der Waals surface area (Å²) < 4.78 is 5.18. The first-order chi connectivity index (χ1) is 16.8. The molecule has 1 aliphatic rings. The van der Waals surface area contributed by atoms with E-state index in [9.17, 15) is 14.4 Å². The summed E-state index contributed by atoms with van der Waals surface area (Å²) in [5.41, 5.74) is 3.81. The van der Waals surface area contributed by atoms with E-state index in [2.05, 4.69) is 10.6 Å². The summed E-state index contributed by atoms with van der Waals surface area (Å²) in [7, 11) is 1.63. The fourth-order valence-electron chi connectivity index (χ4n) is 4.27. The van der Waals surface area contributed by atoms with Crippen molar-refractivity contribution in [2.24, 2.45) is 0 Å². The maximum Gasteiger partial charge on any atom is 0.325 e. The van der Waals surface area contributed by atoms with E-state index in [1.807, 2.05) is 66.1 Å². The average molecular weight is 481 g/mol. The average Bonchev–Trinajstić information content (AvgIpc) is 3.10. The standard InChI is InChI=1S/C27H36N4O4/c1-19-6-12-24(20(2)18-19)28-27(34)29-26(33)21(3)30-14-5-15-31(17-16-30)25(32)13-9-22-7-10-23(35-4)11-8-22/h6-8,10-12,18,21H,5,9,13-17H2,1-4H3,(H2,28,29,33,34). The minimum Gasteiger partial charge on any atom is -0.497 e. The largest absolute Gasteiger partial charge is 0.497 e. The van der Waals surface area contributed by atoms with Crippen LogP contribution in [0.4, 0.5) is 10.5 Å². The number of amides is 4. The Bertz CT molecular complexity index is 1040. The molecule has 2 N–H and O–H groups in total. The van der Waals surface area contributed by atoms with Crippen LogP contribution in [0.25, 0.3) is 0 Å². The molecule has 1 heterocycles. The molecular weight excluding hydrogens is 444 g/mol. The minimum absolute atomic E-state index is 0.118. The zero-order valence-electron chi connectivity index (χ0n) is 21.1. The lowest BCUT2D eigenvalue weighted by atomic mass is 10.1. The number of carbonyl (C=O) groups is 3. The molecule has 1 fully saturated rings. The quantitative estimate of drug-likeness (QED) is 0.633. The highest BCUT2D eigenvalue weighted by Gasteiger charge is 2.26. The topological polar surface area (TPSA) is 91.0 Å². The van der Waals surface area contributed by atoms with Gasteiger partial charge >= 0.3 is 6.03 Å². The highest BCUT2D eigenvalue weighted by molar-refractivity contribution is 6.03. The van der Waals surface area contributed by atoms with Crippen LogP contribution in [0, 0.1) is 13.8 Å². The van der Waals surface area contributed by atoms with Gasteiger partial charge in [0.05, 0.1) is 13.2 Å². The molecule has 0 aromatic heterocycles. The van der Waals surface area contributed by atoms with Gasteiger partial charge in [-0.2, -0.15) is 0 Å². The Kier molecular flexibility index (Phi) is 9.25. The lowest BCUT2D eigenvalue weighted by molar-refractivity contribution is -0.131. The summed E-state index contributed by atoms with van der Waals surface area (Å²) in [5, 5.41) is 5.19. The second-order valence-corrected chi connectivity index (χ2v) is 9.06. The third kappa shape index (κ3) is 7.55. The van der Waals surface area contributed by atoms with Crippen molar-refractivity contribution in [3.63, 3.8) is 0 Å². The van der Waals surface area contributed by atoms with Gasteiger partial charge in [-0.05, 0) is 62.9 Å². The third-order valence-electron chi connectivity index (χ3n) is 6.46. The Balaban J connectivity index is 1.46. The van der Waals surface area contributed by atoms with Gasteiger partial charge in [-0.1, -0.05) is 29.8 Å². The molecular formula is C27H36N4O4. The Morgan fingerprint density at radius 1 is 1.00 bits per heavy atom. The zero-order chi connectivity index (χ0) is 25.4. The summed E-state index contributed by atoms with van der Waals surface area (Å²) in [6, 6.07) is 12.5. The van der Waals surface area contributed by atoms with Gasteiger partial charge in [0, 0.05) is 38.3 Å². The van der Waals surface area contributed by atoms with Crippen molar-refractivity contribution >= 4 is 23.5 Å². The van der Waals surface area contributed by atoms with Crippen LogP contribution in [0.3, 0.4) is 0 Å². The van der Waals surface area contributed by atoms with E-state index in [1.54, 1.807) is 14.0 Å². The predicted octanol–water partition coefficient (Wildman–Crippen LogP) is 3.52. The van der Waals surface area contributed by atoms with Crippen LogP contribution in [0.1, 0.15) is 36.5 Å². The number of imide groups is 1. The molecule has 2 aromatic rings. The number of nitrogens with one attached hydrogen (secondary N) is 2. The fourth-order valence-corrected chi connectivity index (χ4v) is 4.27. The van der Waals surface area contributed by atoms with Gasteiger partial charge in [-0.25, -0.2) is 4.79 Å². The van der Waals surface area contributed by atoms with Gasteiger partial charge in [-0.3, -0.25) is 19.8 Å². The third-order valence-corrected chi connectivity index (χ3v) is 6.46. The molecule has 1 unspecified atom stereocenters. The maximum absolute atomic E-state index is 12.8. The number of ether oxygens (including phenoxy) is 1. The number of methoxy groups -OCH3 is 1. The SMILES string of the molecule is COc1ccc(CCC(=O)N2CCCN(C(C)C(=O)NC(=O)Nc3ccc(C)cc3C)CC2)cc1. The van der Waals surface area contributed by atoms with Gasteiger partial charge < -0.3 is 15.0 Å². The van der Waals surface area contributed by atoms with Gasteiger partial charge in [0.2, 0.25) is 11.8 Å². The molecule has 1 atom stereocenters. The molecule has 3 rings (SSSR count). The van der Waals surface area contributed by atoms with Crippen LogP contribution in [-0.2, 0) is 16.0 Å². The summed E-state index contributed by atoms with van der Waals surface area (Å²) >= 11 is 0. The molecule has 8 heteroatoms. The molecule has 0 saturated carbocycles. The van der Waals surface area contributed by atoms with Crippen LogP contribution in [0.5, 0.6) is 5.75 Å². The van der Waals surface area contributed by atoms with Crippen molar-refractivity contribution in [1.82, 2.24) is 15.1 Å². The first kappa shape index (κ1) is 26.2. The monoisotopic (exact) mass is 480 g/mol. The number of urea groups is 1. The first-order valence-corrected chi connectivity index (χ1v) is 12.1. The van der Waals surface area contributed by atoms with Crippen molar-refractivity contribution in [3.8, 4) is 5.75 Å². The zero-order valence-corrected chi connectivity index (χ0v) is 21.1. The number of carbonyl (C=O) groups excluding carboxylic acids is 3. The molecule has 1 aliphatic heterocycles. The van der Waals surface area contributed by atoms with Crippen LogP contribution in [0.2, 0.25) is 0 Å². The summed E-state index contributed by atoms with van der Waals surface area (Å²) in [6.45, 7) is 8.19. The molecule has 1 saturated heterocycles. The number of aryl methyl sites for hydroxylation is 3. The van der Waals surface area contributed by atoms with Crippen molar-refractivity contribution in [2.75, 3.05) is 38.6 Å². The van der Waals surface area contributed by atoms with Crippen LogP contribution in [0.15, 0.2) is 42.5 Å². The molecule has 4 amide bonds. The van der Waals surface area contributed by atoms with E-state index < -0.39 is 12.1 Å². The first-order valence-electron chi connectivity index (χ1n) is 12.1. The number of hydrogen-bond donors (Lipinski definition) is 2. The van der Waals surface area contributed by atoms with Crippen molar-refractivity contribution in [3.05, 3.63) is 59.2 Å². The van der Waals surface area contributed by atoms with Gasteiger partial charge in [0.15, 0.2) is 0 Å². The number of anilines is 1. The van der Waals surface area contributed by atoms with Gasteiger partial charge in [0.25, 0.3) is 0 Å². The summed E-state index contributed by atoms with van der Waals surface area (Å²) in [5.74, 6) is 0.563. The van der Waals surface area contributed by atoms with E-state index in [1.165, 1.54) is 0 Å². The van der Waals surface area contributed by atoms with Crippen molar-refractivity contribution in [1.29, 1.82) is 0 Å². The number of nitrogens with zero attached hydrogens (tertiary/aromatic N) is 2. The van der Waals surface area contributed by atoms with E-state index in [0.717, 1.165) is 28.9 Å². The van der Waals surface area contributed by atoms with Crippen molar-refractivity contribution in [2.45, 2.75) is 46.1 Å². The smallest absolute Gasteiger partial charge is 0.325 e. The summed E-state index contributed by atoms with van der Waals surface area (Å²) in [4.78, 5) is 41.7. The van der Waals surface area contributed by atoms with E-state index in [4.69, 9.17) is 4.74 Å². The van der Waals surface area contributed by atoms with Crippen LogP contribution < -0.4 is 15.4 Å². The number of hydrogen-bond acceptors (Lipinski definition) is 5. The van der Waals surface area contributed by atoms with Crippen LogP contribution in [-0.4, -0.2) is 67.0 Å². The molecule has 35 heavy (non-hydrogen) atoms. The Morgan fingerprint density at radius 3 is 2.43 bits per heavy atom. The highest BCUT2D eigenvalue weighted by Crippen LogP contribution is 2.16. The van der Waals surface area contributed by atoms with Crippen LogP contribution >= 0.6 is 0 Å². The Hall–Kier alpha value is -3.39. The fraction of sp³-hybridized carbons (Fsp3) is 0.444.